The number of hydrogen-bond acceptors (Lipinski definition) is 5. The fourth-order valence-corrected chi connectivity index (χ4v) is 4.23. The van der Waals surface area contributed by atoms with E-state index < -0.39 is 5.60 Å². The van der Waals surface area contributed by atoms with E-state index in [0.29, 0.717) is 32.5 Å². The summed E-state index contributed by atoms with van der Waals surface area (Å²) in [5, 5.41) is 14.1. The van der Waals surface area contributed by atoms with Crippen LogP contribution in [0.2, 0.25) is 0 Å². The number of fused-ring (bicyclic) bond motifs is 2. The predicted molar refractivity (Wildman–Crippen MR) is 94.5 cm³/mol. The number of hydrogen-bond donors (Lipinski definition) is 2. The first-order valence-electron chi connectivity index (χ1n) is 8.94. The Balaban J connectivity index is 1.63. The molecule has 0 aliphatic carbocycles. The van der Waals surface area contributed by atoms with Crippen LogP contribution in [0.15, 0.2) is 24.3 Å². The smallest absolute Gasteiger partial charge is 0.234 e. The summed E-state index contributed by atoms with van der Waals surface area (Å²) in [5.74, 6) is 0.823. The lowest BCUT2D eigenvalue weighted by molar-refractivity contribution is -0.126. The van der Waals surface area contributed by atoms with Crippen molar-refractivity contribution in [2.75, 3.05) is 33.9 Å². The maximum atomic E-state index is 12.1. The van der Waals surface area contributed by atoms with Crippen molar-refractivity contribution in [1.82, 2.24) is 10.2 Å². The second-order valence-electron chi connectivity index (χ2n) is 7.07. The Morgan fingerprint density at radius 2 is 1.88 bits per heavy atom. The van der Waals surface area contributed by atoms with Gasteiger partial charge in [-0.2, -0.15) is 0 Å². The molecule has 0 radical (unpaired) electrons. The molecule has 2 atom stereocenters. The van der Waals surface area contributed by atoms with E-state index in [1.807, 2.05) is 24.3 Å². The van der Waals surface area contributed by atoms with Crippen LogP contribution in [0.1, 0.15) is 31.2 Å². The summed E-state index contributed by atoms with van der Waals surface area (Å²) in [6.07, 6.45) is 3.41. The molecule has 1 aromatic carbocycles. The molecule has 6 heteroatoms. The highest BCUT2D eigenvalue weighted by Gasteiger charge is 2.48. The third kappa shape index (κ3) is 3.97. The van der Waals surface area contributed by atoms with Gasteiger partial charge in [-0.05, 0) is 43.4 Å². The third-order valence-corrected chi connectivity index (χ3v) is 5.50. The zero-order valence-electron chi connectivity index (χ0n) is 15.0. The Kier molecular flexibility index (Phi) is 5.61. The van der Waals surface area contributed by atoms with Crippen molar-refractivity contribution >= 4 is 5.91 Å². The van der Waals surface area contributed by atoms with Crippen LogP contribution in [0.5, 0.6) is 5.75 Å². The van der Waals surface area contributed by atoms with Gasteiger partial charge in [-0.1, -0.05) is 12.1 Å². The first-order chi connectivity index (χ1) is 12.1. The number of amides is 1. The van der Waals surface area contributed by atoms with Crippen molar-refractivity contribution in [3.05, 3.63) is 29.8 Å². The number of methoxy groups -OCH3 is 2. The number of carbonyl (C=O) groups is 1. The molecule has 2 aliphatic heterocycles. The molecule has 2 unspecified atom stereocenters. The molecular formula is C19H28N2O4. The molecule has 2 N–H and O–H groups in total. The minimum atomic E-state index is -0.818. The van der Waals surface area contributed by atoms with Gasteiger partial charge in [0, 0.05) is 25.7 Å². The summed E-state index contributed by atoms with van der Waals surface area (Å²) >= 11 is 0. The number of ether oxygens (including phenoxy) is 2. The fourth-order valence-electron chi connectivity index (χ4n) is 4.23. The molecule has 138 valence electrons. The van der Waals surface area contributed by atoms with Gasteiger partial charge in [-0.25, -0.2) is 0 Å². The maximum Gasteiger partial charge on any atom is 0.234 e. The summed E-state index contributed by atoms with van der Waals surface area (Å²) < 4.78 is 10.2. The molecule has 2 bridgehead atoms. The van der Waals surface area contributed by atoms with Gasteiger partial charge in [0.2, 0.25) is 5.91 Å². The van der Waals surface area contributed by atoms with E-state index >= 15 is 0 Å². The molecule has 1 aromatic rings. The highest BCUT2D eigenvalue weighted by molar-refractivity contribution is 5.78. The zero-order chi connectivity index (χ0) is 17.9. The van der Waals surface area contributed by atoms with Gasteiger partial charge >= 0.3 is 0 Å². The lowest BCUT2D eigenvalue weighted by atomic mass is 9.80. The largest absolute Gasteiger partial charge is 0.497 e. The van der Waals surface area contributed by atoms with E-state index in [0.717, 1.165) is 24.2 Å². The first kappa shape index (κ1) is 18.2. The highest BCUT2D eigenvalue weighted by atomic mass is 16.5. The summed E-state index contributed by atoms with van der Waals surface area (Å²) in [5.41, 5.74) is 0.121. The summed E-state index contributed by atoms with van der Waals surface area (Å²) in [7, 11) is 3.26. The fraction of sp³-hybridized carbons (Fsp3) is 0.632. The number of nitrogens with one attached hydrogen (secondary N) is 1. The number of rotatable bonds is 7. The molecule has 0 spiro atoms. The highest BCUT2D eigenvalue weighted by Crippen LogP contribution is 2.45. The van der Waals surface area contributed by atoms with Gasteiger partial charge in [0.15, 0.2) is 0 Å². The van der Waals surface area contributed by atoms with Gasteiger partial charge in [0.05, 0.1) is 25.9 Å². The van der Waals surface area contributed by atoms with Crippen LogP contribution in [0.3, 0.4) is 0 Å². The van der Waals surface area contributed by atoms with Crippen LogP contribution in [-0.4, -0.2) is 61.9 Å². The van der Waals surface area contributed by atoms with Crippen molar-refractivity contribution in [3.63, 3.8) is 0 Å². The second kappa shape index (κ2) is 7.72. The van der Waals surface area contributed by atoms with Crippen molar-refractivity contribution < 1.29 is 19.4 Å². The third-order valence-electron chi connectivity index (χ3n) is 5.50. The molecule has 3 rings (SSSR count). The number of nitrogens with zero attached hydrogens (tertiary/aromatic N) is 1. The van der Waals surface area contributed by atoms with Crippen molar-refractivity contribution in [2.24, 2.45) is 0 Å². The molecule has 2 saturated heterocycles. The number of benzene rings is 1. The van der Waals surface area contributed by atoms with Gasteiger partial charge in [-0.3, -0.25) is 9.69 Å². The van der Waals surface area contributed by atoms with E-state index in [1.54, 1.807) is 14.2 Å². The lowest BCUT2D eigenvalue weighted by Gasteiger charge is -2.43. The van der Waals surface area contributed by atoms with E-state index in [9.17, 15) is 9.90 Å². The molecule has 2 aliphatic rings. The minimum absolute atomic E-state index is 0.0313. The van der Waals surface area contributed by atoms with Gasteiger partial charge in [-0.15, -0.1) is 0 Å². The van der Waals surface area contributed by atoms with Gasteiger partial charge in [0.1, 0.15) is 5.75 Å². The summed E-state index contributed by atoms with van der Waals surface area (Å²) in [4.78, 5) is 14.4. The van der Waals surface area contributed by atoms with E-state index in [4.69, 9.17) is 9.47 Å². The van der Waals surface area contributed by atoms with Crippen LogP contribution < -0.4 is 10.1 Å². The normalized spacial score (nSPS) is 28.8. The Morgan fingerprint density at radius 1 is 1.24 bits per heavy atom. The van der Waals surface area contributed by atoms with E-state index in [1.165, 1.54) is 0 Å². The molecule has 0 saturated carbocycles. The van der Waals surface area contributed by atoms with Crippen LogP contribution in [0.4, 0.5) is 0 Å². The van der Waals surface area contributed by atoms with E-state index in [2.05, 4.69) is 10.2 Å². The molecule has 0 aromatic heterocycles. The van der Waals surface area contributed by atoms with Crippen LogP contribution in [0, 0.1) is 0 Å². The van der Waals surface area contributed by atoms with Gasteiger partial charge in [0.25, 0.3) is 0 Å². The summed E-state index contributed by atoms with van der Waals surface area (Å²) in [6, 6.07) is 8.19. The average molecular weight is 348 g/mol. The molecular weight excluding hydrogens is 320 g/mol. The van der Waals surface area contributed by atoms with Crippen LogP contribution >= 0.6 is 0 Å². The van der Waals surface area contributed by atoms with Crippen molar-refractivity contribution in [3.8, 4) is 5.75 Å². The van der Waals surface area contributed by atoms with Crippen molar-refractivity contribution in [2.45, 2.75) is 43.4 Å². The van der Waals surface area contributed by atoms with Crippen molar-refractivity contribution in [1.29, 1.82) is 0 Å². The molecule has 25 heavy (non-hydrogen) atoms. The van der Waals surface area contributed by atoms with Crippen LogP contribution in [0.25, 0.3) is 0 Å². The topological polar surface area (TPSA) is 71.0 Å². The van der Waals surface area contributed by atoms with Crippen LogP contribution in [-0.2, 0) is 15.1 Å². The standard InChI is InChI=1S/C19H28N2O4/c1-24-10-9-20-18(22)13-21-15-5-6-16(21)12-19(23,11-15)14-3-7-17(25-2)8-4-14/h3-4,7-8,15-16,23H,5-6,9-13H2,1-2H3,(H,20,22). The van der Waals surface area contributed by atoms with E-state index in [-0.39, 0.29) is 18.0 Å². The predicted octanol–water partition coefficient (Wildman–Crippen LogP) is 1.27. The lowest BCUT2D eigenvalue weighted by Crippen LogP contribution is -2.52. The second-order valence-corrected chi connectivity index (χ2v) is 7.07. The maximum absolute atomic E-state index is 12.1. The monoisotopic (exact) mass is 348 g/mol. The number of carbonyl (C=O) groups excluding carboxylic acids is 1. The molecule has 6 nitrogen and oxygen atoms in total. The Labute approximate surface area is 149 Å². The SMILES string of the molecule is COCCNC(=O)CN1C2CCC1CC(O)(c1ccc(OC)cc1)C2. The first-order valence-corrected chi connectivity index (χ1v) is 8.94. The average Bonchev–Trinajstić information content (AvgIpc) is 2.86. The Hall–Kier alpha value is -1.63. The summed E-state index contributed by atoms with van der Waals surface area (Å²) in [6.45, 7) is 1.46. The molecule has 2 heterocycles. The molecule has 1 amide bonds. The Morgan fingerprint density at radius 3 is 2.44 bits per heavy atom. The van der Waals surface area contributed by atoms with Gasteiger partial charge < -0.3 is 19.9 Å². The minimum Gasteiger partial charge on any atom is -0.497 e. The quantitative estimate of drug-likeness (QED) is 0.726. The zero-order valence-corrected chi connectivity index (χ0v) is 15.0. The molecule has 2 fully saturated rings. The number of aliphatic hydroxyl groups is 1. The number of piperidine rings is 1. The Bertz CT molecular complexity index is 576.